The maximum Gasteiger partial charge on any atom is 0.262 e. The number of para-hydroxylation sites is 1. The molecular formula is C20H24N2O3. The lowest BCUT2D eigenvalue weighted by Crippen LogP contribution is -2.21. The molecule has 0 aliphatic heterocycles. The SMILES string of the molecule is Cc1cccc(C)c1NC(=O)COc1ccc(C(=O)C(C)C)cc1N. The molecule has 0 spiro atoms. The van der Waals surface area contributed by atoms with Crippen molar-refractivity contribution in [1.82, 2.24) is 0 Å². The Morgan fingerprint density at radius 2 is 1.76 bits per heavy atom. The summed E-state index contributed by atoms with van der Waals surface area (Å²) in [6.07, 6.45) is 0. The zero-order chi connectivity index (χ0) is 18.6. The number of benzene rings is 2. The fourth-order valence-electron chi connectivity index (χ4n) is 2.50. The number of ether oxygens (including phenoxy) is 1. The van der Waals surface area contributed by atoms with Crippen molar-refractivity contribution in [1.29, 1.82) is 0 Å². The number of nitrogen functional groups attached to an aromatic ring is 1. The van der Waals surface area contributed by atoms with Crippen LogP contribution >= 0.6 is 0 Å². The minimum absolute atomic E-state index is 0.0195. The second kappa shape index (κ2) is 7.83. The lowest BCUT2D eigenvalue weighted by Gasteiger charge is -2.13. The number of nitrogens with one attached hydrogen (secondary N) is 1. The van der Waals surface area contributed by atoms with Gasteiger partial charge in [-0.25, -0.2) is 0 Å². The molecule has 1 amide bonds. The van der Waals surface area contributed by atoms with Crippen LogP contribution in [0.5, 0.6) is 5.75 Å². The van der Waals surface area contributed by atoms with Gasteiger partial charge < -0.3 is 15.8 Å². The van der Waals surface area contributed by atoms with E-state index in [4.69, 9.17) is 10.5 Å². The molecule has 3 N–H and O–H groups in total. The Kier molecular flexibility index (Phi) is 5.80. The van der Waals surface area contributed by atoms with Gasteiger partial charge in [0.1, 0.15) is 5.75 Å². The number of Topliss-reactive ketones (excluding diaryl/α,β-unsaturated/α-hetero) is 1. The van der Waals surface area contributed by atoms with Gasteiger partial charge in [-0.05, 0) is 43.2 Å². The van der Waals surface area contributed by atoms with Gasteiger partial charge in [0.25, 0.3) is 5.91 Å². The zero-order valence-corrected chi connectivity index (χ0v) is 15.1. The third-order valence-electron chi connectivity index (χ3n) is 3.92. The van der Waals surface area contributed by atoms with Crippen molar-refractivity contribution < 1.29 is 14.3 Å². The summed E-state index contributed by atoms with van der Waals surface area (Å²) in [7, 11) is 0. The summed E-state index contributed by atoms with van der Waals surface area (Å²) in [4.78, 5) is 24.1. The van der Waals surface area contributed by atoms with E-state index in [0.29, 0.717) is 17.0 Å². The van der Waals surface area contributed by atoms with E-state index in [-0.39, 0.29) is 24.2 Å². The first-order valence-electron chi connectivity index (χ1n) is 8.22. The highest BCUT2D eigenvalue weighted by Crippen LogP contribution is 2.24. The number of carbonyl (C=O) groups is 2. The van der Waals surface area contributed by atoms with Crippen LogP contribution in [0.25, 0.3) is 0 Å². The molecule has 0 fully saturated rings. The molecule has 5 heteroatoms. The number of hydrogen-bond acceptors (Lipinski definition) is 4. The van der Waals surface area contributed by atoms with Gasteiger partial charge >= 0.3 is 0 Å². The van der Waals surface area contributed by atoms with E-state index in [9.17, 15) is 9.59 Å². The third-order valence-corrected chi connectivity index (χ3v) is 3.92. The van der Waals surface area contributed by atoms with Crippen molar-refractivity contribution >= 4 is 23.1 Å². The summed E-state index contributed by atoms with van der Waals surface area (Å²) in [6, 6.07) is 10.7. The number of aryl methyl sites for hydroxylation is 2. The normalized spacial score (nSPS) is 10.6. The van der Waals surface area contributed by atoms with Crippen LogP contribution in [0.4, 0.5) is 11.4 Å². The molecule has 0 unspecified atom stereocenters. The first-order chi connectivity index (χ1) is 11.8. The van der Waals surface area contributed by atoms with Gasteiger partial charge in [0.2, 0.25) is 0 Å². The number of amides is 1. The highest BCUT2D eigenvalue weighted by atomic mass is 16.5. The van der Waals surface area contributed by atoms with Crippen LogP contribution in [-0.2, 0) is 4.79 Å². The molecular weight excluding hydrogens is 316 g/mol. The summed E-state index contributed by atoms with van der Waals surface area (Å²) < 4.78 is 5.50. The highest BCUT2D eigenvalue weighted by molar-refractivity contribution is 5.98. The Hall–Kier alpha value is -2.82. The topological polar surface area (TPSA) is 81.4 Å². The minimum atomic E-state index is -0.265. The average molecular weight is 340 g/mol. The van der Waals surface area contributed by atoms with Crippen LogP contribution < -0.4 is 15.8 Å². The number of carbonyl (C=O) groups excluding carboxylic acids is 2. The Balaban J connectivity index is 2.01. The van der Waals surface area contributed by atoms with Gasteiger partial charge in [0.05, 0.1) is 5.69 Å². The largest absolute Gasteiger partial charge is 0.482 e. The van der Waals surface area contributed by atoms with Crippen molar-refractivity contribution in [3.63, 3.8) is 0 Å². The molecule has 0 atom stereocenters. The molecule has 2 aromatic rings. The van der Waals surface area contributed by atoms with E-state index in [1.54, 1.807) is 18.2 Å². The first kappa shape index (κ1) is 18.5. The second-order valence-corrected chi connectivity index (χ2v) is 6.38. The van der Waals surface area contributed by atoms with Crippen molar-refractivity contribution in [2.45, 2.75) is 27.7 Å². The standard InChI is InChI=1S/C20H24N2O3/c1-12(2)20(24)15-8-9-17(16(21)10-15)25-11-18(23)22-19-13(3)6-5-7-14(19)4/h5-10,12H,11,21H2,1-4H3,(H,22,23). The molecule has 0 aliphatic carbocycles. The van der Waals surface area contributed by atoms with Gasteiger partial charge in [0.15, 0.2) is 12.4 Å². The van der Waals surface area contributed by atoms with Gasteiger partial charge in [-0.3, -0.25) is 9.59 Å². The molecule has 0 saturated carbocycles. The summed E-state index contributed by atoms with van der Waals surface area (Å²) in [5.74, 6) is 0.0383. The van der Waals surface area contributed by atoms with E-state index in [0.717, 1.165) is 16.8 Å². The fraction of sp³-hybridized carbons (Fsp3) is 0.300. The van der Waals surface area contributed by atoms with Crippen molar-refractivity contribution in [3.05, 3.63) is 53.1 Å². The zero-order valence-electron chi connectivity index (χ0n) is 15.1. The quantitative estimate of drug-likeness (QED) is 0.620. The van der Waals surface area contributed by atoms with Crippen molar-refractivity contribution in [3.8, 4) is 5.75 Å². The van der Waals surface area contributed by atoms with Crippen LogP contribution in [0, 0.1) is 19.8 Å². The minimum Gasteiger partial charge on any atom is -0.482 e. The van der Waals surface area contributed by atoms with Gasteiger partial charge in [-0.1, -0.05) is 32.0 Å². The molecule has 0 heterocycles. The lowest BCUT2D eigenvalue weighted by molar-refractivity contribution is -0.118. The number of nitrogens with two attached hydrogens (primary N) is 1. The van der Waals surface area contributed by atoms with Gasteiger partial charge in [0, 0.05) is 17.2 Å². The molecule has 0 radical (unpaired) electrons. The Labute approximate surface area is 148 Å². The predicted molar refractivity (Wildman–Crippen MR) is 100 cm³/mol. The van der Waals surface area contributed by atoms with Gasteiger partial charge in [-0.15, -0.1) is 0 Å². The van der Waals surface area contributed by atoms with Gasteiger partial charge in [-0.2, -0.15) is 0 Å². The second-order valence-electron chi connectivity index (χ2n) is 6.38. The Morgan fingerprint density at radius 3 is 2.32 bits per heavy atom. The smallest absolute Gasteiger partial charge is 0.262 e. The van der Waals surface area contributed by atoms with Crippen LogP contribution in [0.15, 0.2) is 36.4 Å². The molecule has 0 aliphatic rings. The van der Waals surface area contributed by atoms with E-state index >= 15 is 0 Å². The summed E-state index contributed by atoms with van der Waals surface area (Å²) >= 11 is 0. The van der Waals surface area contributed by atoms with E-state index in [1.807, 2.05) is 45.9 Å². The molecule has 25 heavy (non-hydrogen) atoms. The fourth-order valence-corrected chi connectivity index (χ4v) is 2.50. The van der Waals surface area contributed by atoms with E-state index < -0.39 is 0 Å². The highest BCUT2D eigenvalue weighted by Gasteiger charge is 2.13. The summed E-state index contributed by atoms with van der Waals surface area (Å²) in [6.45, 7) is 7.38. The molecule has 0 saturated heterocycles. The van der Waals surface area contributed by atoms with Crippen LogP contribution in [0.1, 0.15) is 35.3 Å². The number of rotatable bonds is 6. The molecule has 0 bridgehead atoms. The molecule has 5 nitrogen and oxygen atoms in total. The Bertz CT molecular complexity index is 777. The maximum absolute atomic E-state index is 12.1. The van der Waals surface area contributed by atoms with E-state index in [2.05, 4.69) is 5.32 Å². The molecule has 132 valence electrons. The van der Waals surface area contributed by atoms with Crippen molar-refractivity contribution in [2.75, 3.05) is 17.7 Å². The van der Waals surface area contributed by atoms with Crippen LogP contribution in [0.3, 0.4) is 0 Å². The van der Waals surface area contributed by atoms with Crippen LogP contribution in [0.2, 0.25) is 0 Å². The first-order valence-corrected chi connectivity index (χ1v) is 8.22. The third kappa shape index (κ3) is 4.59. The maximum atomic E-state index is 12.1. The molecule has 2 aromatic carbocycles. The number of anilines is 2. The summed E-state index contributed by atoms with van der Waals surface area (Å²) in [5.41, 5.74) is 9.59. The molecule has 0 aromatic heterocycles. The summed E-state index contributed by atoms with van der Waals surface area (Å²) in [5, 5.41) is 2.85. The van der Waals surface area contributed by atoms with Crippen molar-refractivity contribution in [2.24, 2.45) is 5.92 Å². The van der Waals surface area contributed by atoms with E-state index in [1.165, 1.54) is 0 Å². The monoisotopic (exact) mass is 340 g/mol. The molecule has 2 rings (SSSR count). The lowest BCUT2D eigenvalue weighted by atomic mass is 10.0. The van der Waals surface area contributed by atoms with Crippen LogP contribution in [-0.4, -0.2) is 18.3 Å². The predicted octanol–water partition coefficient (Wildman–Crippen LogP) is 3.74. The number of ketones is 1. The average Bonchev–Trinajstić information content (AvgIpc) is 2.56. The Morgan fingerprint density at radius 1 is 1.12 bits per heavy atom. The number of hydrogen-bond donors (Lipinski definition) is 2.